The van der Waals surface area contributed by atoms with Crippen LogP contribution in [0.4, 0.5) is 0 Å². The van der Waals surface area contributed by atoms with E-state index in [0.717, 1.165) is 19.0 Å². The first-order valence-corrected chi connectivity index (χ1v) is 5.05. The molecule has 0 saturated heterocycles. The zero-order valence-corrected chi connectivity index (χ0v) is 8.88. The van der Waals surface area contributed by atoms with Crippen molar-refractivity contribution in [2.24, 2.45) is 5.92 Å². The van der Waals surface area contributed by atoms with Gasteiger partial charge in [0.1, 0.15) is 0 Å². The lowest BCUT2D eigenvalue weighted by atomic mass is 10.1. The molecule has 74 valence electrons. The molecule has 1 N–H and O–H groups in total. The van der Waals surface area contributed by atoms with E-state index in [1.54, 1.807) is 0 Å². The van der Waals surface area contributed by atoms with Crippen LogP contribution in [0.1, 0.15) is 25.8 Å². The van der Waals surface area contributed by atoms with E-state index >= 15 is 0 Å². The summed E-state index contributed by atoms with van der Waals surface area (Å²) in [6.45, 7) is 6.63. The fourth-order valence-corrected chi connectivity index (χ4v) is 1.40. The molecule has 0 aliphatic rings. The third-order valence-electron chi connectivity index (χ3n) is 2.41. The molecule has 0 aliphatic heterocycles. The van der Waals surface area contributed by atoms with Crippen molar-refractivity contribution in [3.63, 3.8) is 0 Å². The molecule has 1 rings (SSSR count). The minimum Gasteiger partial charge on any atom is -0.354 e. The highest BCUT2D eigenvalue weighted by Crippen LogP contribution is 2.07. The Bertz CT molecular complexity index is 240. The van der Waals surface area contributed by atoms with Gasteiger partial charge in [-0.2, -0.15) is 0 Å². The Morgan fingerprint density at radius 1 is 1.54 bits per heavy atom. The summed E-state index contributed by atoms with van der Waals surface area (Å²) >= 11 is 0. The van der Waals surface area contributed by atoms with Crippen LogP contribution in [-0.4, -0.2) is 11.6 Å². The van der Waals surface area contributed by atoms with Crippen LogP contribution in [0.3, 0.4) is 0 Å². The smallest absolute Gasteiger partial charge is 0.0245 e. The van der Waals surface area contributed by atoms with E-state index in [1.165, 1.54) is 12.0 Å². The minimum atomic E-state index is 0.773. The summed E-state index contributed by atoms with van der Waals surface area (Å²) < 4.78 is 2.28. The molecule has 0 saturated carbocycles. The second-order valence-electron chi connectivity index (χ2n) is 3.76. The highest BCUT2D eigenvalue weighted by molar-refractivity contribution is 5.09. The summed E-state index contributed by atoms with van der Waals surface area (Å²) in [7, 11) is 1.98. The Labute approximate surface area is 81.0 Å². The highest BCUT2D eigenvalue weighted by atomic mass is 14.9. The van der Waals surface area contributed by atoms with Gasteiger partial charge in [-0.05, 0) is 24.6 Å². The van der Waals surface area contributed by atoms with E-state index in [4.69, 9.17) is 0 Å². The molecule has 1 heterocycles. The molecule has 0 spiro atoms. The van der Waals surface area contributed by atoms with Crippen molar-refractivity contribution < 1.29 is 0 Å². The summed E-state index contributed by atoms with van der Waals surface area (Å²) in [6, 6.07) is 2.18. The Kier molecular flexibility index (Phi) is 4.03. The van der Waals surface area contributed by atoms with E-state index in [1.807, 2.05) is 7.05 Å². The van der Waals surface area contributed by atoms with Gasteiger partial charge in [-0.25, -0.2) is 0 Å². The second-order valence-corrected chi connectivity index (χ2v) is 3.76. The van der Waals surface area contributed by atoms with E-state index in [2.05, 4.69) is 42.2 Å². The number of rotatable bonds is 5. The summed E-state index contributed by atoms with van der Waals surface area (Å²) in [5.74, 6) is 0.773. The molecular weight excluding hydrogens is 160 g/mol. The van der Waals surface area contributed by atoms with Crippen LogP contribution in [0.2, 0.25) is 0 Å². The lowest BCUT2D eigenvalue weighted by Crippen LogP contribution is -2.06. The fourth-order valence-electron chi connectivity index (χ4n) is 1.40. The predicted octanol–water partition coefficient (Wildman–Crippen LogP) is 2.25. The third kappa shape index (κ3) is 3.23. The molecule has 0 aromatic carbocycles. The molecule has 0 aliphatic carbocycles. The summed E-state index contributed by atoms with van der Waals surface area (Å²) in [6.07, 6.45) is 5.64. The number of hydrogen-bond donors (Lipinski definition) is 1. The fraction of sp³-hybridized carbons (Fsp3) is 0.636. The average molecular weight is 180 g/mol. The van der Waals surface area contributed by atoms with Crippen molar-refractivity contribution >= 4 is 0 Å². The lowest BCUT2D eigenvalue weighted by molar-refractivity contribution is 0.469. The van der Waals surface area contributed by atoms with Gasteiger partial charge in [-0.15, -0.1) is 0 Å². The molecule has 2 nitrogen and oxygen atoms in total. The van der Waals surface area contributed by atoms with Crippen molar-refractivity contribution in [3.8, 4) is 0 Å². The number of nitrogens with zero attached hydrogens (tertiary/aromatic N) is 1. The van der Waals surface area contributed by atoms with Gasteiger partial charge < -0.3 is 9.88 Å². The normalized spacial score (nSPS) is 13.2. The van der Waals surface area contributed by atoms with Crippen LogP contribution in [0.25, 0.3) is 0 Å². The van der Waals surface area contributed by atoms with Crippen molar-refractivity contribution in [2.45, 2.75) is 33.4 Å². The van der Waals surface area contributed by atoms with Crippen LogP contribution in [0.15, 0.2) is 18.5 Å². The van der Waals surface area contributed by atoms with Gasteiger partial charge in [-0.1, -0.05) is 20.3 Å². The van der Waals surface area contributed by atoms with Crippen LogP contribution < -0.4 is 5.32 Å². The maximum absolute atomic E-state index is 3.15. The molecule has 1 aromatic rings. The van der Waals surface area contributed by atoms with Crippen LogP contribution in [0, 0.1) is 5.92 Å². The third-order valence-corrected chi connectivity index (χ3v) is 2.41. The van der Waals surface area contributed by atoms with E-state index in [9.17, 15) is 0 Å². The maximum Gasteiger partial charge on any atom is 0.0245 e. The number of nitrogens with one attached hydrogen (secondary N) is 1. The molecule has 0 fully saturated rings. The molecule has 2 heteroatoms. The average Bonchev–Trinajstić information content (AvgIpc) is 2.53. The first-order valence-electron chi connectivity index (χ1n) is 5.05. The summed E-state index contributed by atoms with van der Waals surface area (Å²) in [5.41, 5.74) is 1.37. The van der Waals surface area contributed by atoms with Crippen molar-refractivity contribution in [2.75, 3.05) is 7.05 Å². The van der Waals surface area contributed by atoms with E-state index in [0.29, 0.717) is 0 Å². The molecule has 1 unspecified atom stereocenters. The minimum absolute atomic E-state index is 0.773. The topological polar surface area (TPSA) is 17.0 Å². The zero-order valence-electron chi connectivity index (χ0n) is 8.88. The van der Waals surface area contributed by atoms with Gasteiger partial charge in [-0.3, -0.25) is 0 Å². The SMILES string of the molecule is CCC(C)Cn1ccc(CNC)c1. The van der Waals surface area contributed by atoms with Gasteiger partial charge in [0.25, 0.3) is 0 Å². The molecule has 0 amide bonds. The molecule has 1 atom stereocenters. The van der Waals surface area contributed by atoms with Gasteiger partial charge in [0.15, 0.2) is 0 Å². The van der Waals surface area contributed by atoms with E-state index in [-0.39, 0.29) is 0 Å². The standard InChI is InChI=1S/C11H20N2/c1-4-10(2)8-13-6-5-11(9-13)7-12-3/h5-6,9-10,12H,4,7-8H2,1-3H3. The van der Waals surface area contributed by atoms with Gasteiger partial charge in [0.2, 0.25) is 0 Å². The Morgan fingerprint density at radius 2 is 2.31 bits per heavy atom. The van der Waals surface area contributed by atoms with Crippen molar-refractivity contribution in [3.05, 3.63) is 24.0 Å². The predicted molar refractivity (Wildman–Crippen MR) is 56.7 cm³/mol. The van der Waals surface area contributed by atoms with Gasteiger partial charge in [0.05, 0.1) is 0 Å². The molecule has 0 radical (unpaired) electrons. The maximum atomic E-state index is 3.15. The van der Waals surface area contributed by atoms with E-state index < -0.39 is 0 Å². The molecule has 13 heavy (non-hydrogen) atoms. The van der Waals surface area contributed by atoms with Crippen molar-refractivity contribution in [1.29, 1.82) is 0 Å². The summed E-state index contributed by atoms with van der Waals surface area (Å²) in [5, 5.41) is 3.15. The van der Waals surface area contributed by atoms with Crippen LogP contribution in [0.5, 0.6) is 0 Å². The van der Waals surface area contributed by atoms with Crippen LogP contribution >= 0.6 is 0 Å². The second kappa shape index (κ2) is 5.07. The first kappa shape index (κ1) is 10.3. The Balaban J connectivity index is 2.48. The quantitative estimate of drug-likeness (QED) is 0.735. The monoisotopic (exact) mass is 180 g/mol. The zero-order chi connectivity index (χ0) is 9.68. The van der Waals surface area contributed by atoms with Gasteiger partial charge >= 0.3 is 0 Å². The Morgan fingerprint density at radius 3 is 2.92 bits per heavy atom. The number of aromatic nitrogens is 1. The van der Waals surface area contributed by atoms with Crippen LogP contribution in [-0.2, 0) is 13.1 Å². The van der Waals surface area contributed by atoms with Gasteiger partial charge in [0, 0.05) is 25.5 Å². The Hall–Kier alpha value is -0.760. The molecule has 0 bridgehead atoms. The highest BCUT2D eigenvalue weighted by Gasteiger charge is 2.00. The largest absolute Gasteiger partial charge is 0.354 e. The van der Waals surface area contributed by atoms with Crippen molar-refractivity contribution in [1.82, 2.24) is 9.88 Å². The lowest BCUT2D eigenvalue weighted by Gasteiger charge is -2.08. The first-order chi connectivity index (χ1) is 6.26. The molecular formula is C11H20N2. The number of hydrogen-bond acceptors (Lipinski definition) is 1. The molecule has 1 aromatic heterocycles. The summed E-state index contributed by atoms with van der Waals surface area (Å²) in [4.78, 5) is 0.